The number of hydrogen-bond acceptors (Lipinski definition) is 1. The zero-order valence-corrected chi connectivity index (χ0v) is 17.4. The monoisotopic (exact) mass is 442 g/mol. The Morgan fingerprint density at radius 3 is 1.94 bits per heavy atom. The summed E-state index contributed by atoms with van der Waals surface area (Å²) in [5.41, 5.74) is 0.143. The predicted octanol–water partition coefficient (Wildman–Crippen LogP) is 7.83. The van der Waals surface area contributed by atoms with Gasteiger partial charge in [-0.2, -0.15) is 0 Å². The first kappa shape index (κ1) is 21.8. The van der Waals surface area contributed by atoms with Crippen molar-refractivity contribution in [2.45, 2.75) is 19.8 Å². The molecule has 0 aliphatic heterocycles. The van der Waals surface area contributed by atoms with Crippen molar-refractivity contribution < 1.29 is 26.7 Å². The lowest BCUT2D eigenvalue weighted by Gasteiger charge is -2.12. The molecule has 0 saturated heterocycles. The van der Waals surface area contributed by atoms with E-state index in [-0.39, 0.29) is 16.7 Å². The predicted molar refractivity (Wildman–Crippen MR) is 115 cm³/mol. The van der Waals surface area contributed by atoms with Crippen molar-refractivity contribution in [3.63, 3.8) is 0 Å². The van der Waals surface area contributed by atoms with Crippen LogP contribution in [0.15, 0.2) is 54.6 Å². The number of benzene rings is 4. The van der Waals surface area contributed by atoms with Crippen LogP contribution in [0.4, 0.5) is 22.0 Å². The highest BCUT2D eigenvalue weighted by Gasteiger charge is 2.20. The lowest BCUT2D eigenvalue weighted by atomic mass is 9.95. The van der Waals surface area contributed by atoms with Crippen LogP contribution in [-0.2, 0) is 6.42 Å². The van der Waals surface area contributed by atoms with Crippen molar-refractivity contribution in [3.8, 4) is 28.0 Å². The van der Waals surface area contributed by atoms with Gasteiger partial charge in [0.15, 0.2) is 17.4 Å². The Hall–Kier alpha value is -3.41. The first-order valence-electron chi connectivity index (χ1n) is 10.1. The third-order valence-corrected chi connectivity index (χ3v) is 5.40. The van der Waals surface area contributed by atoms with Gasteiger partial charge in [0.05, 0.1) is 12.7 Å². The maximum atomic E-state index is 15.2. The SMILES string of the molecule is CCCc1ccc2c(F)c(-c3cc(F)c(-c4cc(F)c(OC)c(F)c4)c(F)c3)ccc2c1. The molecular weight excluding hydrogens is 423 g/mol. The number of ether oxygens (including phenoxy) is 1. The van der Waals surface area contributed by atoms with Crippen LogP contribution in [0.2, 0.25) is 0 Å². The maximum Gasteiger partial charge on any atom is 0.190 e. The average Bonchev–Trinajstić information content (AvgIpc) is 2.73. The van der Waals surface area contributed by atoms with Gasteiger partial charge in [-0.1, -0.05) is 43.7 Å². The van der Waals surface area contributed by atoms with Crippen LogP contribution in [0, 0.1) is 29.1 Å². The van der Waals surface area contributed by atoms with Gasteiger partial charge in [-0.05, 0) is 52.8 Å². The molecule has 0 atom stereocenters. The fourth-order valence-electron chi connectivity index (χ4n) is 3.91. The molecule has 0 N–H and O–H groups in total. The van der Waals surface area contributed by atoms with Crippen LogP contribution in [0.3, 0.4) is 0 Å². The van der Waals surface area contributed by atoms with Crippen LogP contribution >= 0.6 is 0 Å². The van der Waals surface area contributed by atoms with Crippen molar-refractivity contribution >= 4 is 10.8 Å². The summed E-state index contributed by atoms with van der Waals surface area (Å²) in [6, 6.07) is 12.0. The second-order valence-electron chi connectivity index (χ2n) is 7.52. The summed E-state index contributed by atoms with van der Waals surface area (Å²) < 4.78 is 77.6. The molecule has 0 fully saturated rings. The fourth-order valence-corrected chi connectivity index (χ4v) is 3.91. The van der Waals surface area contributed by atoms with Crippen LogP contribution in [0.1, 0.15) is 18.9 Å². The Morgan fingerprint density at radius 2 is 1.34 bits per heavy atom. The number of halogens is 5. The number of rotatable bonds is 5. The molecule has 0 heterocycles. The van der Waals surface area contributed by atoms with E-state index >= 15 is 4.39 Å². The smallest absolute Gasteiger partial charge is 0.190 e. The second kappa shape index (κ2) is 8.61. The number of methoxy groups -OCH3 is 1. The van der Waals surface area contributed by atoms with Gasteiger partial charge in [0.2, 0.25) is 0 Å². The largest absolute Gasteiger partial charge is 0.491 e. The minimum Gasteiger partial charge on any atom is -0.491 e. The molecule has 0 spiro atoms. The van der Waals surface area contributed by atoms with Gasteiger partial charge in [-0.3, -0.25) is 0 Å². The Bertz CT molecular complexity index is 1280. The minimum absolute atomic E-state index is 0.0183. The van der Waals surface area contributed by atoms with E-state index in [1.54, 1.807) is 12.1 Å². The molecule has 0 radical (unpaired) electrons. The summed E-state index contributed by atoms with van der Waals surface area (Å²) in [7, 11) is 1.08. The van der Waals surface area contributed by atoms with Gasteiger partial charge < -0.3 is 4.74 Å². The van der Waals surface area contributed by atoms with Gasteiger partial charge in [0.25, 0.3) is 0 Å². The van der Waals surface area contributed by atoms with E-state index < -0.39 is 40.4 Å². The van der Waals surface area contributed by atoms with Crippen LogP contribution < -0.4 is 4.74 Å². The van der Waals surface area contributed by atoms with E-state index in [0.717, 1.165) is 49.8 Å². The first-order chi connectivity index (χ1) is 15.3. The Labute approximate surface area is 182 Å². The standard InChI is InChI=1S/C26H19F5O/c1-3-4-14-5-7-18-15(9-14)6-8-19(25(18)31)16-10-20(27)24(21(28)11-16)17-12-22(29)26(32-2)23(30)13-17/h5-13H,3-4H2,1-2H3. The summed E-state index contributed by atoms with van der Waals surface area (Å²) >= 11 is 0. The van der Waals surface area contributed by atoms with Gasteiger partial charge in [-0.25, -0.2) is 22.0 Å². The normalized spacial score (nSPS) is 11.2. The van der Waals surface area contributed by atoms with E-state index in [2.05, 4.69) is 11.7 Å². The van der Waals surface area contributed by atoms with Crippen molar-refractivity contribution in [1.29, 1.82) is 0 Å². The van der Waals surface area contributed by atoms with Crippen molar-refractivity contribution in [2.75, 3.05) is 7.11 Å². The van der Waals surface area contributed by atoms with Crippen molar-refractivity contribution in [3.05, 3.63) is 89.2 Å². The molecule has 4 rings (SSSR count). The molecule has 0 saturated carbocycles. The highest BCUT2D eigenvalue weighted by Crippen LogP contribution is 2.36. The topological polar surface area (TPSA) is 9.23 Å². The summed E-state index contributed by atoms with van der Waals surface area (Å²) in [5.74, 6) is -5.56. The Balaban J connectivity index is 1.81. The molecule has 32 heavy (non-hydrogen) atoms. The average molecular weight is 442 g/mol. The Kier molecular flexibility index (Phi) is 5.87. The third-order valence-electron chi connectivity index (χ3n) is 5.40. The zero-order valence-electron chi connectivity index (χ0n) is 17.4. The molecule has 164 valence electrons. The molecule has 4 aromatic carbocycles. The fraction of sp³-hybridized carbons (Fsp3) is 0.154. The summed E-state index contributed by atoms with van der Waals surface area (Å²) in [6.45, 7) is 2.05. The molecule has 0 aliphatic carbocycles. The molecule has 4 aromatic rings. The van der Waals surface area contributed by atoms with Crippen molar-refractivity contribution in [1.82, 2.24) is 0 Å². The zero-order chi connectivity index (χ0) is 23.0. The van der Waals surface area contributed by atoms with Crippen molar-refractivity contribution in [2.24, 2.45) is 0 Å². The van der Waals surface area contributed by atoms with E-state index in [9.17, 15) is 17.6 Å². The van der Waals surface area contributed by atoms with Gasteiger partial charge in [0, 0.05) is 10.9 Å². The molecule has 1 nitrogen and oxygen atoms in total. The van der Waals surface area contributed by atoms with E-state index in [1.165, 1.54) is 6.07 Å². The quantitative estimate of drug-likeness (QED) is 0.286. The molecule has 0 aromatic heterocycles. The molecule has 0 bridgehead atoms. The van der Waals surface area contributed by atoms with E-state index in [4.69, 9.17) is 0 Å². The summed E-state index contributed by atoms with van der Waals surface area (Å²) in [4.78, 5) is 0. The lowest BCUT2D eigenvalue weighted by molar-refractivity contribution is 0.360. The van der Waals surface area contributed by atoms with Crippen LogP contribution in [0.25, 0.3) is 33.0 Å². The highest BCUT2D eigenvalue weighted by molar-refractivity contribution is 5.89. The van der Waals surface area contributed by atoms with E-state index in [1.807, 2.05) is 12.1 Å². The van der Waals surface area contributed by atoms with E-state index in [0.29, 0.717) is 10.8 Å². The Morgan fingerprint density at radius 1 is 0.719 bits per heavy atom. The van der Waals surface area contributed by atoms with Crippen LogP contribution in [-0.4, -0.2) is 7.11 Å². The number of fused-ring (bicyclic) bond motifs is 1. The van der Waals surface area contributed by atoms with Gasteiger partial charge in [-0.15, -0.1) is 0 Å². The number of aryl methyl sites for hydroxylation is 1. The molecule has 0 unspecified atom stereocenters. The van der Waals surface area contributed by atoms with Gasteiger partial charge >= 0.3 is 0 Å². The molecule has 0 aliphatic rings. The lowest BCUT2D eigenvalue weighted by Crippen LogP contribution is -1.98. The second-order valence-corrected chi connectivity index (χ2v) is 7.52. The third kappa shape index (κ3) is 3.81. The minimum atomic E-state index is -1.09. The van der Waals surface area contributed by atoms with Gasteiger partial charge in [0.1, 0.15) is 17.5 Å². The first-order valence-corrected chi connectivity index (χ1v) is 10.1. The highest BCUT2D eigenvalue weighted by atomic mass is 19.1. The summed E-state index contributed by atoms with van der Waals surface area (Å²) in [5, 5.41) is 1.03. The molecule has 6 heteroatoms. The maximum absolute atomic E-state index is 15.2. The molecule has 0 amide bonds. The number of hydrogen-bond donors (Lipinski definition) is 0. The summed E-state index contributed by atoms with van der Waals surface area (Å²) in [6.07, 6.45) is 1.82. The molecular formula is C26H19F5O. The van der Waals surface area contributed by atoms with Crippen LogP contribution in [0.5, 0.6) is 5.75 Å².